The van der Waals surface area contributed by atoms with E-state index in [0.717, 1.165) is 31.4 Å². The molecule has 2 aromatic carbocycles. The van der Waals surface area contributed by atoms with Crippen molar-refractivity contribution in [2.24, 2.45) is 0 Å². The molecule has 3 atom stereocenters. The molecule has 0 unspecified atom stereocenters. The molecule has 2 aromatic rings. The van der Waals surface area contributed by atoms with Crippen LogP contribution >= 0.6 is 23.2 Å². The maximum Gasteiger partial charge on any atom is 0.220 e. The van der Waals surface area contributed by atoms with Gasteiger partial charge in [0.2, 0.25) is 5.91 Å². The molecule has 2 aliphatic rings. The molecule has 0 bridgehead atoms. The van der Waals surface area contributed by atoms with Crippen LogP contribution in [0.1, 0.15) is 42.9 Å². The van der Waals surface area contributed by atoms with Crippen LogP contribution < -0.4 is 5.32 Å². The van der Waals surface area contributed by atoms with Gasteiger partial charge in [-0.3, -0.25) is 9.69 Å². The van der Waals surface area contributed by atoms with E-state index >= 15 is 0 Å². The average molecular weight is 389 g/mol. The summed E-state index contributed by atoms with van der Waals surface area (Å²) in [5.41, 5.74) is 2.32. The summed E-state index contributed by atoms with van der Waals surface area (Å²) in [6, 6.07) is 17.1. The lowest BCUT2D eigenvalue weighted by Crippen LogP contribution is -2.42. The lowest BCUT2D eigenvalue weighted by atomic mass is 10.0. The van der Waals surface area contributed by atoms with Crippen molar-refractivity contribution in [2.75, 3.05) is 0 Å². The Morgan fingerprint density at radius 2 is 1.88 bits per heavy atom. The van der Waals surface area contributed by atoms with Crippen molar-refractivity contribution in [3.8, 4) is 0 Å². The van der Waals surface area contributed by atoms with Gasteiger partial charge in [-0.05, 0) is 36.5 Å². The third kappa shape index (κ3) is 3.48. The van der Waals surface area contributed by atoms with Gasteiger partial charge in [-0.25, -0.2) is 0 Å². The molecule has 0 spiro atoms. The van der Waals surface area contributed by atoms with Crippen LogP contribution in [-0.2, 0) is 11.3 Å². The lowest BCUT2D eigenvalue weighted by Gasteiger charge is -2.31. The second-order valence-electron chi connectivity index (χ2n) is 7.18. The molecule has 0 aromatic heterocycles. The number of carbonyl (C=O) groups is 1. The summed E-state index contributed by atoms with van der Waals surface area (Å²) < 4.78 is 0. The fourth-order valence-corrected chi connectivity index (χ4v) is 4.75. The van der Waals surface area contributed by atoms with Crippen LogP contribution in [0, 0.1) is 0 Å². The van der Waals surface area contributed by atoms with Crippen LogP contribution in [0.25, 0.3) is 0 Å². The summed E-state index contributed by atoms with van der Waals surface area (Å²) in [5.74, 6) is 0.173. The second kappa shape index (κ2) is 7.59. The zero-order valence-electron chi connectivity index (χ0n) is 14.5. The minimum Gasteiger partial charge on any atom is -0.352 e. The van der Waals surface area contributed by atoms with Crippen molar-refractivity contribution >= 4 is 29.1 Å². The Hall–Kier alpha value is -1.55. The van der Waals surface area contributed by atoms with E-state index < -0.39 is 0 Å². The molecule has 0 aliphatic carbocycles. The van der Waals surface area contributed by atoms with E-state index in [1.54, 1.807) is 0 Å². The van der Waals surface area contributed by atoms with Crippen LogP contribution in [0.3, 0.4) is 0 Å². The number of nitrogens with one attached hydrogen (secondary N) is 1. The van der Waals surface area contributed by atoms with E-state index in [-0.39, 0.29) is 18.0 Å². The number of hydrogen-bond acceptors (Lipinski definition) is 2. The Morgan fingerprint density at radius 3 is 2.69 bits per heavy atom. The predicted molar refractivity (Wildman–Crippen MR) is 105 cm³/mol. The number of likely N-dealkylation sites (tertiary alicyclic amines) is 1. The highest BCUT2D eigenvalue weighted by Gasteiger charge is 2.43. The molecule has 0 radical (unpaired) electrons. The molecule has 0 saturated carbocycles. The molecule has 1 amide bonds. The molecule has 2 aliphatic heterocycles. The number of fused-ring (bicyclic) bond motifs is 1. The van der Waals surface area contributed by atoms with Gasteiger partial charge in [0.15, 0.2) is 0 Å². The van der Waals surface area contributed by atoms with Gasteiger partial charge in [-0.1, -0.05) is 65.7 Å². The van der Waals surface area contributed by atoms with Crippen LogP contribution in [0.4, 0.5) is 0 Å². The highest BCUT2D eigenvalue weighted by molar-refractivity contribution is 6.42. The first kappa shape index (κ1) is 17.8. The minimum atomic E-state index is 0.173. The fourth-order valence-electron chi connectivity index (χ4n) is 4.37. The van der Waals surface area contributed by atoms with Gasteiger partial charge in [0, 0.05) is 31.1 Å². The number of hydrogen-bond donors (Lipinski definition) is 1. The molecule has 1 N–H and O–H groups in total. The first-order valence-corrected chi connectivity index (χ1v) is 9.92. The predicted octanol–water partition coefficient (Wildman–Crippen LogP) is 4.98. The summed E-state index contributed by atoms with van der Waals surface area (Å²) in [6.45, 7) is 0.732. The molecule has 3 nitrogen and oxygen atoms in total. The fraction of sp³-hybridized carbons (Fsp3) is 0.381. The highest BCUT2D eigenvalue weighted by atomic mass is 35.5. The number of rotatable bonds is 3. The number of carbonyl (C=O) groups excluding carboxylic acids is 1. The van der Waals surface area contributed by atoms with E-state index in [1.807, 2.05) is 24.3 Å². The average Bonchev–Trinajstić information content (AvgIpc) is 2.85. The summed E-state index contributed by atoms with van der Waals surface area (Å²) in [5, 5.41) is 4.46. The zero-order chi connectivity index (χ0) is 18.1. The Kier molecular flexibility index (Phi) is 5.21. The van der Waals surface area contributed by atoms with Crippen molar-refractivity contribution in [2.45, 2.75) is 50.4 Å². The normalized spacial score (nSPS) is 26.2. The second-order valence-corrected chi connectivity index (χ2v) is 7.97. The molecular weight excluding hydrogens is 367 g/mol. The number of amides is 1. The summed E-state index contributed by atoms with van der Waals surface area (Å²) in [6.07, 6.45) is 3.49. The number of benzene rings is 2. The third-order valence-corrected chi connectivity index (χ3v) is 6.44. The molecule has 2 saturated heterocycles. The van der Waals surface area contributed by atoms with Gasteiger partial charge in [-0.15, -0.1) is 0 Å². The monoisotopic (exact) mass is 388 g/mol. The standard InChI is InChI=1S/C21H22Cl2N2O/c22-16-9-4-8-15(21(16)23)13-25-18-10-5-11-20(26)24-17(18)12-19(25)14-6-2-1-3-7-14/h1-4,6-9,17-19H,5,10-13H2,(H,24,26)/t17-,18+,19+/m0/s1. The summed E-state index contributed by atoms with van der Waals surface area (Å²) in [7, 11) is 0. The Bertz CT molecular complexity index is 796. The van der Waals surface area contributed by atoms with Crippen LogP contribution in [0.15, 0.2) is 48.5 Å². The molecular formula is C21H22Cl2N2O. The van der Waals surface area contributed by atoms with Crippen molar-refractivity contribution in [1.29, 1.82) is 0 Å². The van der Waals surface area contributed by atoms with E-state index in [9.17, 15) is 4.79 Å². The molecule has 4 rings (SSSR count). The topological polar surface area (TPSA) is 32.3 Å². The van der Waals surface area contributed by atoms with Crippen molar-refractivity contribution < 1.29 is 4.79 Å². The molecule has 26 heavy (non-hydrogen) atoms. The van der Waals surface area contributed by atoms with Crippen LogP contribution in [0.2, 0.25) is 10.0 Å². The van der Waals surface area contributed by atoms with Crippen LogP contribution in [-0.4, -0.2) is 22.9 Å². The Morgan fingerprint density at radius 1 is 1.08 bits per heavy atom. The molecule has 5 heteroatoms. The maximum absolute atomic E-state index is 12.1. The quantitative estimate of drug-likeness (QED) is 0.803. The summed E-state index contributed by atoms with van der Waals surface area (Å²) >= 11 is 12.7. The van der Waals surface area contributed by atoms with E-state index in [4.69, 9.17) is 23.2 Å². The molecule has 2 fully saturated rings. The van der Waals surface area contributed by atoms with E-state index in [2.05, 4.69) is 34.5 Å². The highest BCUT2D eigenvalue weighted by Crippen LogP contribution is 2.41. The Balaban J connectivity index is 1.68. The maximum atomic E-state index is 12.1. The lowest BCUT2D eigenvalue weighted by molar-refractivity contribution is -0.121. The smallest absolute Gasteiger partial charge is 0.220 e. The summed E-state index contributed by atoms with van der Waals surface area (Å²) in [4.78, 5) is 14.6. The number of halogens is 2. The van der Waals surface area contributed by atoms with Gasteiger partial charge in [-0.2, -0.15) is 0 Å². The first-order chi connectivity index (χ1) is 12.6. The zero-order valence-corrected chi connectivity index (χ0v) is 16.0. The van der Waals surface area contributed by atoms with Crippen LogP contribution in [0.5, 0.6) is 0 Å². The van der Waals surface area contributed by atoms with E-state index in [1.165, 1.54) is 5.56 Å². The Labute approximate surface area is 164 Å². The van der Waals surface area contributed by atoms with E-state index in [0.29, 0.717) is 22.5 Å². The van der Waals surface area contributed by atoms with Gasteiger partial charge in [0.25, 0.3) is 0 Å². The van der Waals surface area contributed by atoms with Crippen molar-refractivity contribution in [3.63, 3.8) is 0 Å². The largest absolute Gasteiger partial charge is 0.352 e. The molecule has 136 valence electrons. The first-order valence-electron chi connectivity index (χ1n) is 9.16. The van der Waals surface area contributed by atoms with Gasteiger partial charge < -0.3 is 5.32 Å². The minimum absolute atomic E-state index is 0.173. The SMILES string of the molecule is O=C1CCC[C@@H]2[C@H](C[C@H](c3ccccc3)N2Cc2cccc(Cl)c2Cl)N1. The van der Waals surface area contributed by atoms with Gasteiger partial charge in [0.05, 0.1) is 10.0 Å². The molecule has 2 heterocycles. The van der Waals surface area contributed by atoms with Gasteiger partial charge >= 0.3 is 0 Å². The van der Waals surface area contributed by atoms with Crippen molar-refractivity contribution in [1.82, 2.24) is 10.2 Å². The van der Waals surface area contributed by atoms with Crippen molar-refractivity contribution in [3.05, 3.63) is 69.7 Å². The van der Waals surface area contributed by atoms with Gasteiger partial charge in [0.1, 0.15) is 0 Å². The third-order valence-electron chi connectivity index (χ3n) is 5.59. The number of nitrogens with zero attached hydrogens (tertiary/aromatic N) is 1.